The molecule has 1 aliphatic heterocycles. The number of fused-ring (bicyclic) bond motifs is 1. The van der Waals surface area contributed by atoms with Crippen molar-refractivity contribution in [3.63, 3.8) is 0 Å². The highest BCUT2D eigenvalue weighted by molar-refractivity contribution is 5.94. The Kier molecular flexibility index (Phi) is 6.31. The van der Waals surface area contributed by atoms with Crippen LogP contribution < -0.4 is 5.32 Å². The molecule has 6 nitrogen and oxygen atoms in total. The summed E-state index contributed by atoms with van der Waals surface area (Å²) in [4.78, 5) is 14.2. The van der Waals surface area contributed by atoms with Crippen molar-refractivity contribution >= 4 is 5.91 Å². The van der Waals surface area contributed by atoms with Gasteiger partial charge >= 0.3 is 0 Å². The second-order valence-corrected chi connectivity index (χ2v) is 7.42. The van der Waals surface area contributed by atoms with Gasteiger partial charge in [-0.1, -0.05) is 6.07 Å². The predicted molar refractivity (Wildman–Crippen MR) is 108 cm³/mol. The van der Waals surface area contributed by atoms with Crippen molar-refractivity contribution in [3.05, 3.63) is 82.7 Å². The summed E-state index contributed by atoms with van der Waals surface area (Å²) in [5.74, 6) is -0.199. The van der Waals surface area contributed by atoms with Gasteiger partial charge in [-0.2, -0.15) is 0 Å². The third-order valence-electron chi connectivity index (χ3n) is 5.38. The summed E-state index contributed by atoms with van der Waals surface area (Å²) in [6.07, 6.45) is 1.10. The highest BCUT2D eigenvalue weighted by atomic mass is 19.1. The van der Waals surface area contributed by atoms with Crippen LogP contribution in [0.5, 0.6) is 0 Å². The first-order valence-electron chi connectivity index (χ1n) is 10.1. The fraction of sp³-hybridized carbons (Fsp3) is 0.318. The number of rotatable bonds is 6. The molecule has 0 bridgehead atoms. The number of carbonyl (C=O) groups excluding carboxylic acids is 1. The molecule has 4 rings (SSSR count). The highest BCUT2D eigenvalue weighted by Crippen LogP contribution is 2.17. The smallest absolute Gasteiger partial charge is 0.251 e. The minimum Gasteiger partial charge on any atom is -0.352 e. The second kappa shape index (κ2) is 9.30. The maximum Gasteiger partial charge on any atom is 0.251 e. The Labute approximate surface area is 177 Å². The van der Waals surface area contributed by atoms with E-state index in [2.05, 4.69) is 15.5 Å². The third kappa shape index (κ3) is 4.93. The monoisotopic (exact) mass is 429 g/mol. The molecule has 0 spiro atoms. The molecule has 31 heavy (non-hydrogen) atoms. The van der Waals surface area contributed by atoms with Gasteiger partial charge in [0.1, 0.15) is 29.1 Å². The number of nitrogens with zero attached hydrogens (tertiary/aromatic N) is 4. The first-order chi connectivity index (χ1) is 15.0. The van der Waals surface area contributed by atoms with Gasteiger partial charge in [0.2, 0.25) is 0 Å². The van der Waals surface area contributed by atoms with E-state index in [9.17, 15) is 18.0 Å². The number of benzene rings is 2. The van der Waals surface area contributed by atoms with E-state index in [4.69, 9.17) is 0 Å². The normalized spacial score (nSPS) is 14.2. The molecule has 0 atom stereocenters. The number of halogens is 3. The molecule has 1 N–H and O–H groups in total. The van der Waals surface area contributed by atoms with Gasteiger partial charge in [0.15, 0.2) is 0 Å². The molecule has 1 amide bonds. The Bertz CT molecular complexity index is 1050. The van der Waals surface area contributed by atoms with Crippen LogP contribution in [0.2, 0.25) is 0 Å². The van der Waals surface area contributed by atoms with Crippen molar-refractivity contribution in [2.24, 2.45) is 0 Å². The zero-order valence-corrected chi connectivity index (χ0v) is 16.8. The van der Waals surface area contributed by atoms with Gasteiger partial charge in [0, 0.05) is 56.7 Å². The van der Waals surface area contributed by atoms with E-state index in [1.807, 2.05) is 9.47 Å². The van der Waals surface area contributed by atoms with Crippen LogP contribution in [-0.4, -0.2) is 45.2 Å². The first kappa shape index (κ1) is 21.0. The minimum absolute atomic E-state index is 0.0731. The summed E-state index contributed by atoms with van der Waals surface area (Å²) < 4.78 is 42.9. The number of aromatic nitrogens is 3. The molecule has 2 aromatic carbocycles. The molecule has 0 aliphatic carbocycles. The Morgan fingerprint density at radius 3 is 2.45 bits per heavy atom. The Hall–Kier alpha value is -3.20. The summed E-state index contributed by atoms with van der Waals surface area (Å²) in [6, 6.07) is 9.24. The van der Waals surface area contributed by atoms with E-state index < -0.39 is 17.5 Å². The molecular formula is C22H22F3N5O. The fourth-order valence-electron chi connectivity index (χ4n) is 3.67. The average molecular weight is 429 g/mol. The average Bonchev–Trinajstić information content (AvgIpc) is 3.02. The van der Waals surface area contributed by atoms with Gasteiger partial charge < -0.3 is 9.88 Å². The van der Waals surface area contributed by atoms with Crippen molar-refractivity contribution in [1.29, 1.82) is 0 Å². The van der Waals surface area contributed by atoms with E-state index in [1.54, 1.807) is 0 Å². The molecule has 0 saturated carbocycles. The molecule has 1 aromatic heterocycles. The van der Waals surface area contributed by atoms with Crippen molar-refractivity contribution in [1.82, 2.24) is 25.0 Å². The fourth-order valence-corrected chi connectivity index (χ4v) is 3.67. The lowest BCUT2D eigenvalue weighted by atomic mass is 10.2. The Morgan fingerprint density at radius 2 is 1.71 bits per heavy atom. The number of hydrogen-bond acceptors (Lipinski definition) is 4. The van der Waals surface area contributed by atoms with Crippen LogP contribution in [0.25, 0.3) is 0 Å². The topological polar surface area (TPSA) is 63.1 Å². The highest BCUT2D eigenvalue weighted by Gasteiger charge is 2.20. The lowest BCUT2D eigenvalue weighted by molar-refractivity contribution is 0.0954. The molecule has 0 radical (unpaired) electrons. The SMILES string of the molecule is O=C(NCCc1nnc2n1CCN(Cc1c(F)cccc1F)CC2)c1ccc(F)cc1. The van der Waals surface area contributed by atoms with Crippen LogP contribution in [0.4, 0.5) is 13.2 Å². The van der Waals surface area contributed by atoms with Crippen LogP contribution in [0.15, 0.2) is 42.5 Å². The molecule has 1 aliphatic rings. The molecule has 9 heteroatoms. The van der Waals surface area contributed by atoms with Gasteiger partial charge in [-0.15, -0.1) is 10.2 Å². The zero-order chi connectivity index (χ0) is 21.8. The van der Waals surface area contributed by atoms with Gasteiger partial charge in [-0.05, 0) is 36.4 Å². The van der Waals surface area contributed by atoms with E-state index in [0.29, 0.717) is 44.6 Å². The summed E-state index contributed by atoms with van der Waals surface area (Å²) in [5.41, 5.74) is 0.460. The van der Waals surface area contributed by atoms with Gasteiger partial charge in [-0.25, -0.2) is 13.2 Å². The lowest BCUT2D eigenvalue weighted by Crippen LogP contribution is -2.28. The lowest BCUT2D eigenvalue weighted by Gasteiger charge is -2.20. The number of nitrogens with one attached hydrogen (secondary N) is 1. The second-order valence-electron chi connectivity index (χ2n) is 7.42. The van der Waals surface area contributed by atoms with Gasteiger partial charge in [0.05, 0.1) is 0 Å². The quantitative estimate of drug-likeness (QED) is 0.655. The Balaban J connectivity index is 1.33. The third-order valence-corrected chi connectivity index (χ3v) is 5.38. The number of hydrogen-bond donors (Lipinski definition) is 1. The largest absolute Gasteiger partial charge is 0.352 e. The summed E-state index contributed by atoms with van der Waals surface area (Å²) in [6.45, 7) is 2.37. The first-order valence-corrected chi connectivity index (χ1v) is 10.1. The molecule has 162 valence electrons. The Morgan fingerprint density at radius 1 is 0.968 bits per heavy atom. The maximum absolute atomic E-state index is 14.0. The molecule has 0 fully saturated rings. The minimum atomic E-state index is -0.541. The van der Waals surface area contributed by atoms with Crippen molar-refractivity contribution in [3.8, 4) is 0 Å². The van der Waals surface area contributed by atoms with E-state index >= 15 is 0 Å². The van der Waals surface area contributed by atoms with Crippen molar-refractivity contribution in [2.75, 3.05) is 19.6 Å². The van der Waals surface area contributed by atoms with Crippen molar-refractivity contribution < 1.29 is 18.0 Å². The van der Waals surface area contributed by atoms with Crippen LogP contribution in [0.1, 0.15) is 27.6 Å². The molecule has 3 aromatic rings. The van der Waals surface area contributed by atoms with Crippen LogP contribution in [0.3, 0.4) is 0 Å². The zero-order valence-electron chi connectivity index (χ0n) is 16.8. The number of amides is 1. The predicted octanol–water partition coefficient (Wildman–Crippen LogP) is 2.73. The molecule has 0 saturated heterocycles. The molecular weight excluding hydrogens is 407 g/mol. The molecule has 2 heterocycles. The van der Waals surface area contributed by atoms with E-state index in [-0.39, 0.29) is 18.0 Å². The number of carbonyl (C=O) groups is 1. The van der Waals surface area contributed by atoms with Crippen LogP contribution in [0, 0.1) is 17.5 Å². The van der Waals surface area contributed by atoms with Crippen molar-refractivity contribution in [2.45, 2.75) is 25.9 Å². The summed E-state index contributed by atoms with van der Waals surface area (Å²) >= 11 is 0. The van der Waals surface area contributed by atoms with E-state index in [1.165, 1.54) is 42.5 Å². The van der Waals surface area contributed by atoms with Gasteiger partial charge in [-0.3, -0.25) is 9.69 Å². The standard InChI is InChI=1S/C22H22F3N5O/c23-16-6-4-15(5-7-16)22(31)26-10-8-20-27-28-21-9-11-29(12-13-30(20)21)14-17-18(24)2-1-3-19(17)25/h1-7H,8-14H2,(H,26,31). The van der Waals surface area contributed by atoms with Gasteiger partial charge in [0.25, 0.3) is 5.91 Å². The maximum atomic E-state index is 14.0. The van der Waals surface area contributed by atoms with Crippen LogP contribution >= 0.6 is 0 Å². The summed E-state index contributed by atoms with van der Waals surface area (Å²) in [7, 11) is 0. The molecule has 0 unspecified atom stereocenters. The van der Waals surface area contributed by atoms with E-state index in [0.717, 1.165) is 11.6 Å². The summed E-state index contributed by atoms with van der Waals surface area (Å²) in [5, 5.41) is 11.3. The van der Waals surface area contributed by atoms with Crippen LogP contribution in [-0.2, 0) is 25.9 Å².